The van der Waals surface area contributed by atoms with Crippen LogP contribution in [0.3, 0.4) is 0 Å². The number of carbonyl (C=O) groups is 1. The van der Waals surface area contributed by atoms with Crippen molar-refractivity contribution >= 4 is 5.91 Å². The number of nitrogens with one attached hydrogen (secondary N) is 1. The van der Waals surface area contributed by atoms with Crippen LogP contribution in [0.2, 0.25) is 0 Å². The lowest BCUT2D eigenvalue weighted by atomic mass is 9.91. The van der Waals surface area contributed by atoms with E-state index in [0.29, 0.717) is 17.9 Å². The van der Waals surface area contributed by atoms with Crippen molar-refractivity contribution < 1.29 is 28.9 Å². The highest BCUT2D eigenvalue weighted by Crippen LogP contribution is 2.37. The maximum atomic E-state index is 13.1. The zero-order valence-corrected chi connectivity index (χ0v) is 21.1. The van der Waals surface area contributed by atoms with Crippen molar-refractivity contribution in [3.63, 3.8) is 0 Å². The Morgan fingerprint density at radius 1 is 1.03 bits per heavy atom. The van der Waals surface area contributed by atoms with Crippen molar-refractivity contribution in [2.24, 2.45) is 0 Å². The van der Waals surface area contributed by atoms with Crippen LogP contribution in [0, 0.1) is 6.92 Å². The summed E-state index contributed by atoms with van der Waals surface area (Å²) in [5.41, 5.74) is 0.934. The van der Waals surface area contributed by atoms with E-state index >= 15 is 0 Å². The molecule has 0 aliphatic heterocycles. The number of carbonyl (C=O) groups excluding carboxylic acids is 1. The van der Waals surface area contributed by atoms with E-state index in [2.05, 4.69) is 5.32 Å². The molecule has 1 aromatic heterocycles. The van der Waals surface area contributed by atoms with Gasteiger partial charge in [-0.15, -0.1) is 0 Å². The summed E-state index contributed by atoms with van der Waals surface area (Å²) < 4.78 is 16.1. The molecule has 2 atom stereocenters. The average Bonchev–Trinajstić information content (AvgIpc) is 2.85. The van der Waals surface area contributed by atoms with Gasteiger partial charge in [-0.05, 0) is 56.4 Å². The number of aromatic hydroxyl groups is 2. The second-order valence-corrected chi connectivity index (χ2v) is 8.68. The third-order valence-corrected chi connectivity index (χ3v) is 6.00. The van der Waals surface area contributed by atoms with Crippen LogP contribution in [0.1, 0.15) is 41.0 Å². The van der Waals surface area contributed by atoms with Gasteiger partial charge in [0.25, 0.3) is 0 Å². The first-order valence-corrected chi connectivity index (χ1v) is 11.4. The highest BCUT2D eigenvalue weighted by Gasteiger charge is 2.27. The number of nitrogens with zero attached hydrogens (tertiary/aromatic N) is 1. The largest absolute Gasteiger partial charge is 0.504 e. The number of methoxy groups -OCH3 is 2. The molecule has 0 bridgehead atoms. The standard InChI is InChI=1S/C27H32N2O7/c1-16-12-23(31)26(33)27(36-16)20(18-8-11-22(30)24(13-18)35-5)14-25(32)28-15-21(29(2)3)17-6-9-19(34-4)10-7-17/h6-13,20-21,30,33H,14-15H2,1-5H3,(H,28,32). The molecular formula is C27H32N2O7. The summed E-state index contributed by atoms with van der Waals surface area (Å²) in [6, 6.07) is 13.3. The van der Waals surface area contributed by atoms with Gasteiger partial charge >= 0.3 is 0 Å². The number of hydrogen-bond acceptors (Lipinski definition) is 8. The molecule has 192 valence electrons. The number of rotatable bonds is 10. The molecule has 3 rings (SSSR count). The van der Waals surface area contributed by atoms with Gasteiger partial charge in [-0.25, -0.2) is 0 Å². The van der Waals surface area contributed by atoms with Gasteiger partial charge in [0, 0.05) is 19.0 Å². The molecule has 2 unspecified atom stereocenters. The summed E-state index contributed by atoms with van der Waals surface area (Å²) in [7, 11) is 6.86. The number of amides is 1. The fourth-order valence-corrected chi connectivity index (χ4v) is 4.03. The number of phenolic OH excluding ortho intramolecular Hbond substituents is 1. The first-order valence-electron chi connectivity index (χ1n) is 11.4. The minimum absolute atomic E-state index is 0.0257. The summed E-state index contributed by atoms with van der Waals surface area (Å²) in [6.45, 7) is 1.92. The maximum Gasteiger partial charge on any atom is 0.227 e. The lowest BCUT2D eigenvalue weighted by molar-refractivity contribution is -0.121. The van der Waals surface area contributed by atoms with E-state index in [1.807, 2.05) is 43.3 Å². The Labute approximate surface area is 209 Å². The number of benzene rings is 2. The summed E-state index contributed by atoms with van der Waals surface area (Å²) in [6.07, 6.45) is -0.114. The Morgan fingerprint density at radius 2 is 1.69 bits per heavy atom. The van der Waals surface area contributed by atoms with Gasteiger partial charge in [0.2, 0.25) is 17.1 Å². The number of hydrogen-bond donors (Lipinski definition) is 3. The normalized spacial score (nSPS) is 12.7. The highest BCUT2D eigenvalue weighted by atomic mass is 16.5. The molecule has 0 fully saturated rings. The Balaban J connectivity index is 1.88. The monoisotopic (exact) mass is 496 g/mol. The topological polar surface area (TPSA) is 121 Å². The molecule has 0 aliphatic rings. The summed E-state index contributed by atoms with van der Waals surface area (Å²) in [5, 5.41) is 23.5. The van der Waals surface area contributed by atoms with Crippen LogP contribution in [0.15, 0.2) is 57.7 Å². The third-order valence-electron chi connectivity index (χ3n) is 6.00. The van der Waals surface area contributed by atoms with Crippen LogP contribution in [0.5, 0.6) is 23.0 Å². The molecule has 0 aliphatic carbocycles. The van der Waals surface area contributed by atoms with Crippen LogP contribution < -0.4 is 20.2 Å². The summed E-state index contributed by atoms with van der Waals surface area (Å²) >= 11 is 0. The van der Waals surface area contributed by atoms with E-state index in [-0.39, 0.29) is 35.6 Å². The molecular weight excluding hydrogens is 464 g/mol. The number of ether oxygens (including phenoxy) is 2. The molecule has 9 nitrogen and oxygen atoms in total. The minimum atomic E-state index is -0.800. The van der Waals surface area contributed by atoms with Gasteiger partial charge in [-0.2, -0.15) is 0 Å². The molecule has 0 spiro atoms. The van der Waals surface area contributed by atoms with E-state index in [1.165, 1.54) is 19.2 Å². The molecule has 3 N–H and O–H groups in total. The third kappa shape index (κ3) is 6.17. The van der Waals surface area contributed by atoms with Crippen LogP contribution in [0.4, 0.5) is 0 Å². The van der Waals surface area contributed by atoms with Crippen molar-refractivity contribution in [3.8, 4) is 23.0 Å². The first kappa shape index (κ1) is 26.6. The Kier molecular flexibility index (Phi) is 8.60. The minimum Gasteiger partial charge on any atom is -0.504 e. The fraction of sp³-hybridized carbons (Fsp3) is 0.333. The molecule has 1 heterocycles. The fourth-order valence-electron chi connectivity index (χ4n) is 4.03. The van der Waals surface area contributed by atoms with Gasteiger partial charge in [0.05, 0.1) is 26.2 Å². The molecule has 0 saturated carbocycles. The van der Waals surface area contributed by atoms with Crippen molar-refractivity contribution in [1.82, 2.24) is 10.2 Å². The summed E-state index contributed by atoms with van der Waals surface area (Å²) in [4.78, 5) is 27.4. The van der Waals surface area contributed by atoms with Crippen molar-refractivity contribution in [1.29, 1.82) is 0 Å². The van der Waals surface area contributed by atoms with E-state index in [1.54, 1.807) is 26.2 Å². The summed E-state index contributed by atoms with van der Waals surface area (Å²) in [5.74, 6) is -0.533. The van der Waals surface area contributed by atoms with E-state index < -0.39 is 17.1 Å². The van der Waals surface area contributed by atoms with Gasteiger partial charge in [-0.3, -0.25) is 9.59 Å². The number of phenols is 1. The molecule has 1 amide bonds. The lowest BCUT2D eigenvalue weighted by Crippen LogP contribution is -2.35. The number of aryl methyl sites for hydroxylation is 1. The zero-order valence-electron chi connectivity index (χ0n) is 21.1. The van der Waals surface area contributed by atoms with E-state index in [0.717, 1.165) is 11.3 Å². The molecule has 36 heavy (non-hydrogen) atoms. The van der Waals surface area contributed by atoms with Gasteiger partial charge in [-0.1, -0.05) is 18.2 Å². The quantitative estimate of drug-likeness (QED) is 0.391. The maximum absolute atomic E-state index is 13.1. The first-order chi connectivity index (χ1) is 17.1. The second-order valence-electron chi connectivity index (χ2n) is 8.68. The SMILES string of the molecule is COc1ccc(C(CNC(=O)CC(c2ccc(O)c(OC)c2)c2oc(C)cc(=O)c2O)N(C)C)cc1. The molecule has 9 heteroatoms. The predicted octanol–water partition coefficient (Wildman–Crippen LogP) is 3.32. The zero-order chi connectivity index (χ0) is 26.4. The van der Waals surface area contributed by atoms with Crippen LogP contribution >= 0.6 is 0 Å². The van der Waals surface area contributed by atoms with Crippen LogP contribution in [-0.2, 0) is 4.79 Å². The molecule has 0 saturated heterocycles. The van der Waals surface area contributed by atoms with Crippen LogP contribution in [-0.4, -0.2) is 55.9 Å². The second kappa shape index (κ2) is 11.6. The Bertz CT molecular complexity index is 1250. The highest BCUT2D eigenvalue weighted by molar-refractivity contribution is 5.77. The van der Waals surface area contributed by atoms with E-state index in [4.69, 9.17) is 13.9 Å². The van der Waals surface area contributed by atoms with Gasteiger partial charge in [0.1, 0.15) is 11.5 Å². The lowest BCUT2D eigenvalue weighted by Gasteiger charge is -2.26. The van der Waals surface area contributed by atoms with Crippen LogP contribution in [0.25, 0.3) is 0 Å². The smallest absolute Gasteiger partial charge is 0.227 e. The van der Waals surface area contributed by atoms with Crippen molar-refractivity contribution in [2.75, 3.05) is 34.9 Å². The van der Waals surface area contributed by atoms with Crippen molar-refractivity contribution in [2.45, 2.75) is 25.3 Å². The predicted molar refractivity (Wildman–Crippen MR) is 135 cm³/mol. The van der Waals surface area contributed by atoms with Gasteiger partial charge in [0.15, 0.2) is 17.3 Å². The average molecular weight is 497 g/mol. The Hall–Kier alpha value is -3.98. The van der Waals surface area contributed by atoms with Crippen molar-refractivity contribution in [3.05, 3.63) is 81.4 Å². The number of likely N-dealkylation sites (N-methyl/N-ethyl adjacent to an activating group) is 1. The molecule has 3 aromatic rings. The van der Waals surface area contributed by atoms with E-state index in [9.17, 15) is 19.8 Å². The Morgan fingerprint density at radius 3 is 2.31 bits per heavy atom. The van der Waals surface area contributed by atoms with Gasteiger partial charge < -0.3 is 34.3 Å². The molecule has 2 aromatic carbocycles. The molecule has 0 radical (unpaired) electrons.